The van der Waals surface area contributed by atoms with E-state index in [0.717, 1.165) is 0 Å². The van der Waals surface area contributed by atoms with E-state index in [4.69, 9.17) is 23.7 Å². The normalized spacial score (nSPS) is 47.5. The average Bonchev–Trinajstić information content (AvgIpc) is 2.87. The molecule has 3 unspecified atom stereocenters. The molecule has 0 amide bonds. The van der Waals surface area contributed by atoms with Gasteiger partial charge in [-0.05, 0) is 27.7 Å². The van der Waals surface area contributed by atoms with Crippen LogP contribution in [0, 0.1) is 5.92 Å². The number of hydrogen-bond donors (Lipinski definition) is 1. The lowest BCUT2D eigenvalue weighted by Gasteiger charge is -2.28. The Morgan fingerprint density at radius 1 is 1.00 bits per heavy atom. The van der Waals surface area contributed by atoms with Crippen molar-refractivity contribution < 1.29 is 28.8 Å². The summed E-state index contributed by atoms with van der Waals surface area (Å²) in [6.45, 7) is 7.86. The molecular formula is C13H22O6. The van der Waals surface area contributed by atoms with Crippen molar-refractivity contribution in [3.8, 4) is 0 Å². The van der Waals surface area contributed by atoms with Crippen molar-refractivity contribution in [3.05, 3.63) is 0 Å². The van der Waals surface area contributed by atoms with E-state index in [9.17, 15) is 5.11 Å². The fourth-order valence-corrected chi connectivity index (χ4v) is 3.04. The highest BCUT2D eigenvalue weighted by Crippen LogP contribution is 2.43. The second-order valence-electron chi connectivity index (χ2n) is 6.28. The number of fused-ring (bicyclic) bond motifs is 1. The highest BCUT2D eigenvalue weighted by atomic mass is 16.8. The first-order valence-electron chi connectivity index (χ1n) is 6.75. The molecule has 19 heavy (non-hydrogen) atoms. The van der Waals surface area contributed by atoms with Crippen LogP contribution in [0.3, 0.4) is 0 Å². The standard InChI is InChI=1S/C13H22O6/c1-12(2)15-6-8(17-12)9-7(5-14)10-11(16-9)19-13(3,4)18-10/h7-11,14H,5-6H2,1-4H3/t7?,8?,9-,10?,11+/m0/s1. The summed E-state index contributed by atoms with van der Waals surface area (Å²) in [5.74, 6) is -1.43. The molecule has 110 valence electrons. The van der Waals surface area contributed by atoms with Gasteiger partial charge >= 0.3 is 0 Å². The maximum absolute atomic E-state index is 9.63. The van der Waals surface area contributed by atoms with E-state index >= 15 is 0 Å². The van der Waals surface area contributed by atoms with Gasteiger partial charge in [0.05, 0.1) is 19.3 Å². The predicted molar refractivity (Wildman–Crippen MR) is 64.2 cm³/mol. The van der Waals surface area contributed by atoms with E-state index in [-0.39, 0.29) is 30.8 Å². The van der Waals surface area contributed by atoms with Gasteiger partial charge in [-0.2, -0.15) is 0 Å². The van der Waals surface area contributed by atoms with Crippen molar-refractivity contribution >= 4 is 0 Å². The maximum Gasteiger partial charge on any atom is 0.188 e. The van der Waals surface area contributed by atoms with Crippen LogP contribution in [-0.2, 0) is 23.7 Å². The molecule has 3 rings (SSSR count). The Morgan fingerprint density at radius 3 is 2.32 bits per heavy atom. The van der Waals surface area contributed by atoms with Crippen molar-refractivity contribution in [1.82, 2.24) is 0 Å². The van der Waals surface area contributed by atoms with Crippen molar-refractivity contribution in [2.75, 3.05) is 13.2 Å². The molecular weight excluding hydrogens is 252 g/mol. The largest absolute Gasteiger partial charge is 0.396 e. The summed E-state index contributed by atoms with van der Waals surface area (Å²) in [6.07, 6.45) is -1.16. The lowest BCUT2D eigenvalue weighted by Crippen LogP contribution is -2.40. The first-order chi connectivity index (χ1) is 8.81. The van der Waals surface area contributed by atoms with Gasteiger partial charge in [-0.15, -0.1) is 0 Å². The van der Waals surface area contributed by atoms with Gasteiger partial charge in [0.15, 0.2) is 17.9 Å². The fourth-order valence-electron chi connectivity index (χ4n) is 3.04. The van der Waals surface area contributed by atoms with Gasteiger partial charge in [-0.1, -0.05) is 0 Å². The first-order valence-corrected chi connectivity index (χ1v) is 6.75. The van der Waals surface area contributed by atoms with Crippen molar-refractivity contribution in [1.29, 1.82) is 0 Å². The topological polar surface area (TPSA) is 66.4 Å². The zero-order chi connectivity index (χ0) is 13.8. The first kappa shape index (κ1) is 13.7. The Kier molecular flexibility index (Phi) is 3.16. The van der Waals surface area contributed by atoms with Gasteiger partial charge in [0.2, 0.25) is 0 Å². The van der Waals surface area contributed by atoms with Crippen LogP contribution in [0.4, 0.5) is 0 Å². The molecule has 5 atom stereocenters. The van der Waals surface area contributed by atoms with E-state index in [2.05, 4.69) is 0 Å². The molecule has 6 nitrogen and oxygen atoms in total. The summed E-state index contributed by atoms with van der Waals surface area (Å²) in [5.41, 5.74) is 0. The molecule has 3 fully saturated rings. The average molecular weight is 274 g/mol. The monoisotopic (exact) mass is 274 g/mol. The smallest absolute Gasteiger partial charge is 0.188 e. The van der Waals surface area contributed by atoms with E-state index in [1.54, 1.807) is 0 Å². The molecule has 3 saturated heterocycles. The van der Waals surface area contributed by atoms with Gasteiger partial charge in [-0.25, -0.2) is 0 Å². The molecule has 0 aliphatic carbocycles. The van der Waals surface area contributed by atoms with Crippen LogP contribution < -0.4 is 0 Å². The van der Waals surface area contributed by atoms with Crippen LogP contribution >= 0.6 is 0 Å². The van der Waals surface area contributed by atoms with E-state index in [0.29, 0.717) is 6.61 Å². The number of aliphatic hydroxyl groups is 1. The Bertz CT molecular complexity index is 355. The summed E-state index contributed by atoms with van der Waals surface area (Å²) < 4.78 is 28.8. The number of hydrogen-bond acceptors (Lipinski definition) is 6. The third-order valence-electron chi connectivity index (χ3n) is 3.83. The number of ether oxygens (including phenoxy) is 5. The Hall–Kier alpha value is -0.240. The number of rotatable bonds is 2. The fraction of sp³-hybridized carbons (Fsp3) is 1.00. The summed E-state index contributed by atoms with van der Waals surface area (Å²) >= 11 is 0. The van der Waals surface area contributed by atoms with Crippen LogP contribution in [0.25, 0.3) is 0 Å². The summed E-state index contributed by atoms with van der Waals surface area (Å²) in [6, 6.07) is 0. The molecule has 0 aromatic carbocycles. The maximum atomic E-state index is 9.63. The second-order valence-corrected chi connectivity index (χ2v) is 6.28. The van der Waals surface area contributed by atoms with Gasteiger partial charge in [0, 0.05) is 5.92 Å². The summed E-state index contributed by atoms with van der Waals surface area (Å²) in [4.78, 5) is 0. The Balaban J connectivity index is 1.72. The Morgan fingerprint density at radius 2 is 1.74 bits per heavy atom. The summed E-state index contributed by atoms with van der Waals surface area (Å²) in [5, 5.41) is 9.63. The molecule has 0 aromatic rings. The van der Waals surface area contributed by atoms with Crippen molar-refractivity contribution in [2.45, 2.75) is 63.9 Å². The van der Waals surface area contributed by atoms with Crippen LogP contribution in [0.1, 0.15) is 27.7 Å². The van der Waals surface area contributed by atoms with E-state index < -0.39 is 17.9 Å². The zero-order valence-electron chi connectivity index (χ0n) is 11.8. The molecule has 0 aromatic heterocycles. The molecule has 3 aliphatic rings. The zero-order valence-corrected chi connectivity index (χ0v) is 11.8. The van der Waals surface area contributed by atoms with E-state index in [1.807, 2.05) is 27.7 Å². The lowest BCUT2D eigenvalue weighted by atomic mass is 9.96. The van der Waals surface area contributed by atoms with Crippen LogP contribution in [-0.4, -0.2) is 54.5 Å². The van der Waals surface area contributed by atoms with Crippen molar-refractivity contribution in [2.24, 2.45) is 5.92 Å². The van der Waals surface area contributed by atoms with Crippen LogP contribution in [0.5, 0.6) is 0 Å². The van der Waals surface area contributed by atoms with Gasteiger partial charge in [0.25, 0.3) is 0 Å². The highest BCUT2D eigenvalue weighted by Gasteiger charge is 2.57. The molecule has 0 radical (unpaired) electrons. The minimum Gasteiger partial charge on any atom is -0.396 e. The third kappa shape index (κ3) is 2.41. The molecule has 3 aliphatic heterocycles. The van der Waals surface area contributed by atoms with Crippen molar-refractivity contribution in [3.63, 3.8) is 0 Å². The lowest BCUT2D eigenvalue weighted by molar-refractivity contribution is -0.228. The van der Waals surface area contributed by atoms with Crippen LogP contribution in [0.2, 0.25) is 0 Å². The predicted octanol–water partition coefficient (Wildman–Crippen LogP) is 0.623. The van der Waals surface area contributed by atoms with Gasteiger partial charge in [0.1, 0.15) is 12.2 Å². The number of aliphatic hydroxyl groups excluding tert-OH is 1. The molecule has 1 N–H and O–H groups in total. The van der Waals surface area contributed by atoms with Gasteiger partial charge in [-0.3, -0.25) is 0 Å². The molecule has 3 heterocycles. The quantitative estimate of drug-likeness (QED) is 0.796. The molecule has 0 saturated carbocycles. The minimum atomic E-state index is -0.667. The second kappa shape index (κ2) is 4.38. The Labute approximate surface area is 112 Å². The SMILES string of the molecule is CC1(C)OCC([C@H]2O[C@@H]3OC(C)(C)OC3C2CO)O1. The van der Waals surface area contributed by atoms with Gasteiger partial charge < -0.3 is 28.8 Å². The third-order valence-corrected chi connectivity index (χ3v) is 3.83. The van der Waals surface area contributed by atoms with E-state index in [1.165, 1.54) is 0 Å². The molecule has 0 bridgehead atoms. The molecule has 0 spiro atoms. The summed E-state index contributed by atoms with van der Waals surface area (Å²) in [7, 11) is 0. The minimum absolute atomic E-state index is 0.0223. The van der Waals surface area contributed by atoms with Crippen LogP contribution in [0.15, 0.2) is 0 Å². The molecule has 6 heteroatoms. The highest BCUT2D eigenvalue weighted by molar-refractivity contribution is 4.97.